The normalized spacial score (nSPS) is 7.64. The van der Waals surface area contributed by atoms with E-state index in [2.05, 4.69) is 13.8 Å². The van der Waals surface area contributed by atoms with Crippen molar-refractivity contribution in [1.29, 1.82) is 0 Å². The van der Waals surface area contributed by atoms with Gasteiger partial charge in [0.25, 0.3) is 0 Å². The van der Waals surface area contributed by atoms with Gasteiger partial charge in [0.05, 0.1) is 0 Å². The van der Waals surface area contributed by atoms with Crippen molar-refractivity contribution < 1.29 is 4.74 Å². The van der Waals surface area contributed by atoms with Gasteiger partial charge < -0.3 is 4.74 Å². The van der Waals surface area contributed by atoms with E-state index in [-0.39, 0.29) is 22.3 Å². The lowest BCUT2D eigenvalue weighted by Crippen LogP contribution is -2.04. The highest BCUT2D eigenvalue weighted by Gasteiger charge is 1.99. The molecule has 0 fully saturated rings. The molecule has 0 rings (SSSR count). The fourth-order valence-corrected chi connectivity index (χ4v) is 0.760. The van der Waals surface area contributed by atoms with Gasteiger partial charge >= 0.3 is 0 Å². The van der Waals surface area contributed by atoms with Gasteiger partial charge in [-0.15, -0.1) is 0 Å². The Morgan fingerprint density at radius 2 is 1.36 bits per heavy atom. The van der Waals surface area contributed by atoms with Crippen LogP contribution in [0.1, 0.15) is 49.0 Å². The summed E-state index contributed by atoms with van der Waals surface area (Å²) in [6, 6.07) is 0. The molecule has 1 heteroatoms. The van der Waals surface area contributed by atoms with Crippen LogP contribution in [-0.2, 0) is 4.74 Å². The lowest BCUT2D eigenvalue weighted by Gasteiger charge is -2.08. The van der Waals surface area contributed by atoms with E-state index in [0.29, 0.717) is 0 Å². The van der Waals surface area contributed by atoms with E-state index < -0.39 is 0 Å². The molecule has 0 unspecified atom stereocenters. The maximum absolute atomic E-state index is 4.99. The second-order valence-corrected chi connectivity index (χ2v) is 2.14. The Bertz CT molecular complexity index is 40.1. The molecule has 1 nitrogen and oxygen atoms in total. The minimum atomic E-state index is 0. The summed E-state index contributed by atoms with van der Waals surface area (Å²) >= 11 is 0. The molecule has 0 saturated carbocycles. The van der Waals surface area contributed by atoms with Crippen LogP contribution in [0, 0.1) is 5.92 Å². The molecule has 0 N–H and O–H groups in total. The van der Waals surface area contributed by atoms with Gasteiger partial charge in [0.2, 0.25) is 0 Å². The molecule has 11 heavy (non-hydrogen) atoms. The van der Waals surface area contributed by atoms with E-state index in [9.17, 15) is 0 Å². The third kappa shape index (κ3) is 13.0. The number of rotatable bonds is 4. The van der Waals surface area contributed by atoms with Crippen LogP contribution in [-0.4, -0.2) is 13.7 Å². The number of methoxy groups -OCH3 is 1. The average Bonchev–Trinajstić information content (AvgIpc) is 1.83. The Labute approximate surface area is 74.2 Å². The quantitative estimate of drug-likeness (QED) is 0.610. The first-order valence-electron chi connectivity index (χ1n) is 3.34. The van der Waals surface area contributed by atoms with Crippen LogP contribution < -0.4 is 0 Å². The third-order valence-corrected chi connectivity index (χ3v) is 1.56. The fraction of sp³-hybridized carbons (Fsp3) is 1.00. The smallest absolute Gasteiger partial charge is 0.0490 e. The molecule has 0 spiro atoms. The SMILES string of the molecule is C.C.C.CCC(CC)COC. The van der Waals surface area contributed by atoms with Crippen LogP contribution in [0.15, 0.2) is 0 Å². The monoisotopic (exact) mass is 164 g/mol. The minimum Gasteiger partial charge on any atom is -0.384 e. The van der Waals surface area contributed by atoms with E-state index in [4.69, 9.17) is 4.74 Å². The van der Waals surface area contributed by atoms with Crippen molar-refractivity contribution in [3.63, 3.8) is 0 Å². The highest BCUT2D eigenvalue weighted by atomic mass is 16.5. The first-order valence-corrected chi connectivity index (χ1v) is 3.34. The minimum absolute atomic E-state index is 0. The molecule has 0 aromatic rings. The largest absolute Gasteiger partial charge is 0.384 e. The molecule has 0 saturated heterocycles. The van der Waals surface area contributed by atoms with Crippen molar-refractivity contribution in [3.05, 3.63) is 0 Å². The Morgan fingerprint density at radius 1 is 1.00 bits per heavy atom. The van der Waals surface area contributed by atoms with Gasteiger partial charge in [0.1, 0.15) is 0 Å². The Hall–Kier alpha value is -0.0400. The summed E-state index contributed by atoms with van der Waals surface area (Å²) in [4.78, 5) is 0. The van der Waals surface area contributed by atoms with Crippen molar-refractivity contribution in [2.75, 3.05) is 13.7 Å². The zero-order valence-corrected chi connectivity index (χ0v) is 6.11. The molecule has 0 aromatic carbocycles. The van der Waals surface area contributed by atoms with Gasteiger partial charge in [-0.05, 0) is 5.92 Å². The zero-order valence-electron chi connectivity index (χ0n) is 6.11. The fourth-order valence-electron chi connectivity index (χ4n) is 0.760. The molecule has 0 aliphatic heterocycles. The lowest BCUT2D eigenvalue weighted by molar-refractivity contribution is 0.148. The second-order valence-electron chi connectivity index (χ2n) is 2.14. The van der Waals surface area contributed by atoms with Gasteiger partial charge in [0.15, 0.2) is 0 Å². The molecular weight excluding hydrogens is 136 g/mol. The van der Waals surface area contributed by atoms with E-state index in [0.717, 1.165) is 12.5 Å². The van der Waals surface area contributed by atoms with Crippen molar-refractivity contribution >= 4 is 0 Å². The van der Waals surface area contributed by atoms with E-state index >= 15 is 0 Å². The molecule has 0 amide bonds. The van der Waals surface area contributed by atoms with Gasteiger partial charge in [-0.1, -0.05) is 49.0 Å². The molecule has 0 aromatic heterocycles. The van der Waals surface area contributed by atoms with Gasteiger partial charge in [0, 0.05) is 13.7 Å². The molecule has 0 heterocycles. The second kappa shape index (κ2) is 16.5. The van der Waals surface area contributed by atoms with Crippen molar-refractivity contribution in [2.45, 2.75) is 49.0 Å². The van der Waals surface area contributed by atoms with Gasteiger partial charge in [-0.2, -0.15) is 0 Å². The average molecular weight is 164 g/mol. The van der Waals surface area contributed by atoms with Crippen LogP contribution in [0.4, 0.5) is 0 Å². The predicted octanol–water partition coefficient (Wildman–Crippen LogP) is 3.98. The molecule has 0 atom stereocenters. The molecule has 0 radical (unpaired) electrons. The Morgan fingerprint density at radius 3 is 1.45 bits per heavy atom. The highest BCUT2D eigenvalue weighted by Crippen LogP contribution is 2.05. The molecule has 0 aliphatic rings. The summed E-state index contributed by atoms with van der Waals surface area (Å²) in [6.07, 6.45) is 2.48. The standard InChI is InChI=1S/C7H16O.3CH4/c1-4-7(5-2)6-8-3;;;/h7H,4-6H2,1-3H3;3*1H4. The maximum atomic E-state index is 4.99. The maximum Gasteiger partial charge on any atom is 0.0490 e. The van der Waals surface area contributed by atoms with Crippen LogP contribution in [0.5, 0.6) is 0 Å². The molecule has 0 aliphatic carbocycles. The topological polar surface area (TPSA) is 9.23 Å². The van der Waals surface area contributed by atoms with Crippen molar-refractivity contribution in [1.82, 2.24) is 0 Å². The van der Waals surface area contributed by atoms with Crippen molar-refractivity contribution in [2.24, 2.45) is 5.92 Å². The van der Waals surface area contributed by atoms with Crippen LogP contribution >= 0.6 is 0 Å². The molecule has 74 valence electrons. The molecule has 0 bridgehead atoms. The summed E-state index contributed by atoms with van der Waals surface area (Å²) in [5, 5.41) is 0. The third-order valence-electron chi connectivity index (χ3n) is 1.56. The molecular formula is C10H28O. The van der Waals surface area contributed by atoms with E-state index in [1.807, 2.05) is 0 Å². The summed E-state index contributed by atoms with van der Waals surface area (Å²) < 4.78 is 4.99. The Balaban J connectivity index is -0.0000000817. The van der Waals surface area contributed by atoms with E-state index in [1.54, 1.807) is 7.11 Å². The van der Waals surface area contributed by atoms with Crippen LogP contribution in [0.3, 0.4) is 0 Å². The van der Waals surface area contributed by atoms with Gasteiger partial charge in [-0.3, -0.25) is 0 Å². The van der Waals surface area contributed by atoms with E-state index in [1.165, 1.54) is 12.8 Å². The number of hydrogen-bond acceptors (Lipinski definition) is 1. The first-order chi connectivity index (χ1) is 3.85. The number of hydrogen-bond donors (Lipinski definition) is 0. The van der Waals surface area contributed by atoms with Crippen LogP contribution in [0.25, 0.3) is 0 Å². The zero-order chi connectivity index (χ0) is 6.41. The predicted molar refractivity (Wildman–Crippen MR) is 56.1 cm³/mol. The first kappa shape index (κ1) is 22.4. The van der Waals surface area contributed by atoms with Crippen molar-refractivity contribution in [3.8, 4) is 0 Å². The van der Waals surface area contributed by atoms with Crippen LogP contribution in [0.2, 0.25) is 0 Å². The number of ether oxygens (including phenoxy) is 1. The Kier molecular flexibility index (Phi) is 33.7. The summed E-state index contributed by atoms with van der Waals surface area (Å²) in [5.41, 5.74) is 0. The lowest BCUT2D eigenvalue weighted by atomic mass is 10.1. The summed E-state index contributed by atoms with van der Waals surface area (Å²) in [6.45, 7) is 5.33. The summed E-state index contributed by atoms with van der Waals surface area (Å²) in [5.74, 6) is 0.778. The van der Waals surface area contributed by atoms with Gasteiger partial charge in [-0.25, -0.2) is 0 Å². The highest BCUT2D eigenvalue weighted by molar-refractivity contribution is 4.50. The summed E-state index contributed by atoms with van der Waals surface area (Å²) in [7, 11) is 1.76.